The van der Waals surface area contributed by atoms with Crippen molar-refractivity contribution in [3.8, 4) is 9.88 Å². The zero-order valence-electron chi connectivity index (χ0n) is 12.1. The van der Waals surface area contributed by atoms with Crippen LogP contribution in [0.2, 0.25) is 0 Å². The number of sulfonamides is 1. The van der Waals surface area contributed by atoms with Gasteiger partial charge in [0.25, 0.3) is 0 Å². The standard InChI is InChI=1S/C15H13BrN2O2S3/c1-10-14(22-15(18-10)13-3-2-8-21-13)9-17-23(19,20)12-6-4-11(16)5-7-12/h2-8,17H,9H2,1H3. The predicted octanol–water partition coefficient (Wildman–Crippen LogP) is 4.42. The lowest BCUT2D eigenvalue weighted by Gasteiger charge is -2.06. The van der Waals surface area contributed by atoms with Crippen LogP contribution >= 0.6 is 38.6 Å². The van der Waals surface area contributed by atoms with Crippen molar-refractivity contribution in [2.75, 3.05) is 0 Å². The molecule has 0 fully saturated rings. The Morgan fingerprint density at radius 2 is 1.96 bits per heavy atom. The topological polar surface area (TPSA) is 59.1 Å². The van der Waals surface area contributed by atoms with Crippen molar-refractivity contribution in [1.82, 2.24) is 9.71 Å². The van der Waals surface area contributed by atoms with Gasteiger partial charge in [-0.2, -0.15) is 0 Å². The van der Waals surface area contributed by atoms with E-state index >= 15 is 0 Å². The molecule has 0 spiro atoms. The Morgan fingerprint density at radius 1 is 1.22 bits per heavy atom. The third-order valence-corrected chi connectivity index (χ3v) is 7.31. The van der Waals surface area contributed by atoms with Crippen LogP contribution in [-0.4, -0.2) is 13.4 Å². The number of nitrogens with zero attached hydrogens (tertiary/aromatic N) is 1. The molecule has 0 radical (unpaired) electrons. The van der Waals surface area contributed by atoms with Crippen molar-refractivity contribution in [2.24, 2.45) is 0 Å². The van der Waals surface area contributed by atoms with E-state index in [1.807, 2.05) is 24.4 Å². The molecule has 1 N–H and O–H groups in total. The molecular weight excluding hydrogens is 416 g/mol. The lowest BCUT2D eigenvalue weighted by molar-refractivity contribution is 0.581. The summed E-state index contributed by atoms with van der Waals surface area (Å²) in [6, 6.07) is 10.6. The number of rotatable bonds is 5. The van der Waals surface area contributed by atoms with Crippen molar-refractivity contribution in [3.63, 3.8) is 0 Å². The van der Waals surface area contributed by atoms with Gasteiger partial charge in [0.1, 0.15) is 5.01 Å². The molecule has 0 bridgehead atoms. The average Bonchev–Trinajstić information content (AvgIpc) is 3.15. The normalized spacial score (nSPS) is 11.7. The summed E-state index contributed by atoms with van der Waals surface area (Å²) in [5.74, 6) is 0. The van der Waals surface area contributed by atoms with Gasteiger partial charge in [-0.05, 0) is 42.6 Å². The molecule has 2 aromatic heterocycles. The molecule has 0 saturated heterocycles. The first kappa shape index (κ1) is 16.8. The van der Waals surface area contributed by atoms with Gasteiger partial charge in [-0.25, -0.2) is 18.1 Å². The molecule has 3 aromatic rings. The lowest BCUT2D eigenvalue weighted by Crippen LogP contribution is -2.23. The number of halogens is 1. The number of thiophene rings is 1. The summed E-state index contributed by atoms with van der Waals surface area (Å²) in [7, 11) is -3.53. The first-order chi connectivity index (χ1) is 11.0. The van der Waals surface area contributed by atoms with E-state index in [0.717, 1.165) is 24.9 Å². The van der Waals surface area contributed by atoms with Crippen molar-refractivity contribution >= 4 is 48.6 Å². The summed E-state index contributed by atoms with van der Waals surface area (Å²) >= 11 is 6.44. The second-order valence-electron chi connectivity index (χ2n) is 4.78. The summed E-state index contributed by atoms with van der Waals surface area (Å²) in [5.41, 5.74) is 0.858. The van der Waals surface area contributed by atoms with Crippen LogP contribution in [0.4, 0.5) is 0 Å². The Labute approximate surface area is 151 Å². The molecule has 0 unspecified atom stereocenters. The molecule has 0 amide bonds. The maximum absolute atomic E-state index is 12.3. The summed E-state index contributed by atoms with van der Waals surface area (Å²) < 4.78 is 28.1. The zero-order chi connectivity index (χ0) is 16.4. The third kappa shape index (κ3) is 3.89. The van der Waals surface area contributed by atoms with E-state index in [4.69, 9.17) is 0 Å². The van der Waals surface area contributed by atoms with E-state index in [9.17, 15) is 8.42 Å². The van der Waals surface area contributed by atoms with Crippen molar-refractivity contribution < 1.29 is 8.42 Å². The van der Waals surface area contributed by atoms with Crippen LogP contribution < -0.4 is 4.72 Å². The van der Waals surface area contributed by atoms with Crippen LogP contribution in [0.25, 0.3) is 9.88 Å². The van der Waals surface area contributed by atoms with E-state index < -0.39 is 10.0 Å². The first-order valence-electron chi connectivity index (χ1n) is 6.71. The minimum absolute atomic E-state index is 0.243. The molecule has 0 aliphatic heterocycles. The Morgan fingerprint density at radius 3 is 2.61 bits per heavy atom. The molecule has 8 heteroatoms. The Bertz CT molecular complexity index is 901. The second kappa shape index (κ2) is 6.82. The molecule has 0 saturated carbocycles. The minimum atomic E-state index is -3.53. The highest BCUT2D eigenvalue weighted by molar-refractivity contribution is 9.10. The first-order valence-corrected chi connectivity index (χ1v) is 10.7. The van der Waals surface area contributed by atoms with Crippen molar-refractivity contribution in [1.29, 1.82) is 0 Å². The largest absolute Gasteiger partial charge is 0.240 e. The quantitative estimate of drug-likeness (QED) is 0.653. The third-order valence-electron chi connectivity index (χ3n) is 3.17. The van der Waals surface area contributed by atoms with E-state index in [1.165, 1.54) is 11.3 Å². The van der Waals surface area contributed by atoms with Crippen molar-refractivity contribution in [3.05, 3.63) is 56.8 Å². The molecule has 4 nitrogen and oxygen atoms in total. The van der Waals surface area contributed by atoms with Gasteiger partial charge in [-0.1, -0.05) is 22.0 Å². The highest BCUT2D eigenvalue weighted by Crippen LogP contribution is 2.31. The number of hydrogen-bond acceptors (Lipinski definition) is 5. The van der Waals surface area contributed by atoms with E-state index in [1.54, 1.807) is 35.6 Å². The molecule has 0 aliphatic rings. The molecular formula is C15H13BrN2O2S3. The average molecular weight is 429 g/mol. The van der Waals surface area contributed by atoms with Gasteiger partial charge in [-0.3, -0.25) is 0 Å². The monoisotopic (exact) mass is 428 g/mol. The number of thiazole rings is 1. The fraction of sp³-hybridized carbons (Fsp3) is 0.133. The molecule has 23 heavy (non-hydrogen) atoms. The van der Waals surface area contributed by atoms with Crippen molar-refractivity contribution in [2.45, 2.75) is 18.4 Å². The number of benzene rings is 1. The van der Waals surface area contributed by atoms with E-state index in [2.05, 4.69) is 25.6 Å². The molecule has 1 aromatic carbocycles. The summed E-state index contributed by atoms with van der Waals surface area (Å²) in [5, 5.41) is 2.93. The SMILES string of the molecule is Cc1nc(-c2cccs2)sc1CNS(=O)(=O)c1ccc(Br)cc1. The predicted molar refractivity (Wildman–Crippen MR) is 98.3 cm³/mol. The van der Waals surface area contributed by atoms with Crippen LogP contribution in [-0.2, 0) is 16.6 Å². The van der Waals surface area contributed by atoms with Gasteiger partial charge < -0.3 is 0 Å². The maximum Gasteiger partial charge on any atom is 0.240 e. The van der Waals surface area contributed by atoms with E-state index in [0.29, 0.717) is 0 Å². The molecule has 120 valence electrons. The number of hydrogen-bond donors (Lipinski definition) is 1. The maximum atomic E-state index is 12.3. The van der Waals surface area contributed by atoms with E-state index in [-0.39, 0.29) is 11.4 Å². The molecule has 2 heterocycles. The number of nitrogens with one attached hydrogen (secondary N) is 1. The van der Waals surface area contributed by atoms with Gasteiger partial charge in [-0.15, -0.1) is 22.7 Å². The Hall–Kier alpha value is -1.06. The Balaban J connectivity index is 1.76. The number of aryl methyl sites for hydroxylation is 1. The molecule has 0 atom stereocenters. The zero-order valence-corrected chi connectivity index (χ0v) is 16.2. The van der Waals surface area contributed by atoms with Crippen LogP contribution in [0.1, 0.15) is 10.6 Å². The fourth-order valence-corrected chi connectivity index (χ4v) is 5.11. The fourth-order valence-electron chi connectivity index (χ4n) is 1.96. The lowest BCUT2D eigenvalue weighted by atomic mass is 10.4. The van der Waals surface area contributed by atoms with Gasteiger partial charge in [0.15, 0.2) is 0 Å². The van der Waals surface area contributed by atoms with Gasteiger partial charge >= 0.3 is 0 Å². The molecule has 0 aliphatic carbocycles. The van der Waals surface area contributed by atoms with Gasteiger partial charge in [0, 0.05) is 15.9 Å². The highest BCUT2D eigenvalue weighted by Gasteiger charge is 2.16. The summed E-state index contributed by atoms with van der Waals surface area (Å²) in [4.78, 5) is 6.80. The minimum Gasteiger partial charge on any atom is -0.240 e. The smallest absolute Gasteiger partial charge is 0.240 e. The molecule has 3 rings (SSSR count). The Kier molecular flexibility index (Phi) is 4.98. The second-order valence-corrected chi connectivity index (χ2v) is 9.50. The van der Waals surface area contributed by atoms with Crippen LogP contribution in [0, 0.1) is 6.92 Å². The van der Waals surface area contributed by atoms with Crippen LogP contribution in [0.5, 0.6) is 0 Å². The summed E-state index contributed by atoms with van der Waals surface area (Å²) in [6.07, 6.45) is 0. The number of aromatic nitrogens is 1. The van der Waals surface area contributed by atoms with Gasteiger partial charge in [0.2, 0.25) is 10.0 Å². The van der Waals surface area contributed by atoms with Crippen LogP contribution in [0.3, 0.4) is 0 Å². The van der Waals surface area contributed by atoms with Gasteiger partial charge in [0.05, 0.1) is 15.5 Å². The van der Waals surface area contributed by atoms with Crippen LogP contribution in [0.15, 0.2) is 51.1 Å². The highest BCUT2D eigenvalue weighted by atomic mass is 79.9. The summed E-state index contributed by atoms with van der Waals surface area (Å²) in [6.45, 7) is 2.14.